The minimum Gasteiger partial charge on any atom is -0.373 e. The third-order valence-corrected chi connectivity index (χ3v) is 6.52. The van der Waals surface area contributed by atoms with E-state index in [1.54, 1.807) is 17.4 Å². The lowest BCUT2D eigenvalue weighted by molar-refractivity contribution is -0.129. The lowest BCUT2D eigenvalue weighted by Crippen LogP contribution is -2.49. The van der Waals surface area contributed by atoms with Crippen LogP contribution in [0.3, 0.4) is 0 Å². The highest BCUT2D eigenvalue weighted by Crippen LogP contribution is 2.37. The number of amides is 1. The molecule has 1 aromatic rings. The van der Waals surface area contributed by atoms with E-state index in [1.165, 1.54) is 25.9 Å². The largest absolute Gasteiger partial charge is 0.373 e. The van der Waals surface area contributed by atoms with Crippen molar-refractivity contribution in [1.82, 2.24) is 9.80 Å². The lowest BCUT2D eigenvalue weighted by Gasteiger charge is -2.41. The van der Waals surface area contributed by atoms with Crippen molar-refractivity contribution in [2.45, 2.75) is 43.7 Å². The van der Waals surface area contributed by atoms with Gasteiger partial charge in [-0.15, -0.1) is 11.3 Å². The summed E-state index contributed by atoms with van der Waals surface area (Å²) >= 11 is 1.66. The predicted molar refractivity (Wildman–Crippen MR) is 97.1 cm³/mol. The van der Waals surface area contributed by atoms with Crippen molar-refractivity contribution in [2.24, 2.45) is 0 Å². The maximum Gasteiger partial charge on any atom is 0.246 e. The van der Waals surface area contributed by atoms with E-state index in [0.717, 1.165) is 43.8 Å². The maximum absolute atomic E-state index is 12.5. The van der Waals surface area contributed by atoms with Gasteiger partial charge < -0.3 is 14.5 Å². The van der Waals surface area contributed by atoms with Crippen LogP contribution in [0.2, 0.25) is 0 Å². The molecule has 3 aliphatic rings. The number of nitrogens with zero attached hydrogens (tertiary/aromatic N) is 2. The van der Waals surface area contributed by atoms with E-state index in [1.807, 2.05) is 28.5 Å². The van der Waals surface area contributed by atoms with E-state index in [9.17, 15) is 4.79 Å². The molecule has 1 amide bonds. The van der Waals surface area contributed by atoms with Gasteiger partial charge in [-0.05, 0) is 62.7 Å². The zero-order chi connectivity index (χ0) is 16.4. The van der Waals surface area contributed by atoms with Crippen LogP contribution in [-0.2, 0) is 9.53 Å². The van der Waals surface area contributed by atoms with Crippen LogP contribution in [0, 0.1) is 0 Å². The molecule has 3 aliphatic heterocycles. The van der Waals surface area contributed by atoms with Crippen LogP contribution in [0.1, 0.15) is 37.0 Å². The summed E-state index contributed by atoms with van der Waals surface area (Å²) in [4.78, 5) is 18.2. The van der Waals surface area contributed by atoms with Crippen LogP contribution in [0.25, 0.3) is 6.08 Å². The topological polar surface area (TPSA) is 32.8 Å². The predicted octanol–water partition coefficient (Wildman–Crippen LogP) is 3.01. The zero-order valence-electron chi connectivity index (χ0n) is 14.2. The fourth-order valence-electron chi connectivity index (χ4n) is 4.38. The van der Waals surface area contributed by atoms with E-state index in [0.29, 0.717) is 6.04 Å². The van der Waals surface area contributed by atoms with Crippen LogP contribution in [0.4, 0.5) is 0 Å². The van der Waals surface area contributed by atoms with E-state index in [-0.39, 0.29) is 11.5 Å². The lowest BCUT2D eigenvalue weighted by atomic mass is 9.89. The van der Waals surface area contributed by atoms with E-state index < -0.39 is 0 Å². The molecule has 0 saturated carbocycles. The first-order valence-electron chi connectivity index (χ1n) is 9.13. The van der Waals surface area contributed by atoms with Crippen LogP contribution >= 0.6 is 11.3 Å². The maximum atomic E-state index is 12.5. The fraction of sp³-hybridized carbons (Fsp3) is 0.632. The van der Waals surface area contributed by atoms with E-state index >= 15 is 0 Å². The van der Waals surface area contributed by atoms with Crippen molar-refractivity contribution in [3.8, 4) is 0 Å². The minimum atomic E-state index is -0.0993. The van der Waals surface area contributed by atoms with Crippen LogP contribution < -0.4 is 0 Å². The Morgan fingerprint density at radius 1 is 1.33 bits per heavy atom. The van der Waals surface area contributed by atoms with Crippen molar-refractivity contribution < 1.29 is 9.53 Å². The monoisotopic (exact) mass is 346 g/mol. The molecule has 0 aromatic carbocycles. The summed E-state index contributed by atoms with van der Waals surface area (Å²) < 4.78 is 6.20. The third kappa shape index (κ3) is 3.44. The fourth-order valence-corrected chi connectivity index (χ4v) is 5.00. The minimum absolute atomic E-state index is 0.0993. The molecule has 1 spiro atoms. The molecule has 0 radical (unpaired) electrons. The number of hydrogen-bond acceptors (Lipinski definition) is 4. The third-order valence-electron chi connectivity index (χ3n) is 5.69. The van der Waals surface area contributed by atoms with Gasteiger partial charge in [0.1, 0.15) is 0 Å². The van der Waals surface area contributed by atoms with Gasteiger partial charge in [0.05, 0.1) is 12.1 Å². The summed E-state index contributed by atoms with van der Waals surface area (Å²) in [5.41, 5.74) is -0.0993. The Labute approximate surface area is 148 Å². The number of carbonyl (C=O) groups excluding carboxylic acids is 1. The van der Waals surface area contributed by atoms with Gasteiger partial charge in [-0.2, -0.15) is 0 Å². The average Bonchev–Trinajstić information content (AvgIpc) is 3.35. The number of rotatable bonds is 3. The molecule has 130 valence electrons. The Kier molecular flexibility index (Phi) is 4.74. The van der Waals surface area contributed by atoms with Crippen LogP contribution in [0.15, 0.2) is 23.6 Å². The van der Waals surface area contributed by atoms with Gasteiger partial charge in [0.25, 0.3) is 0 Å². The van der Waals surface area contributed by atoms with Crippen molar-refractivity contribution >= 4 is 23.3 Å². The molecule has 5 heteroatoms. The first-order valence-corrected chi connectivity index (χ1v) is 10.0. The summed E-state index contributed by atoms with van der Waals surface area (Å²) in [5.74, 6) is 0.118. The molecule has 4 nitrogen and oxygen atoms in total. The van der Waals surface area contributed by atoms with Crippen molar-refractivity contribution in [3.05, 3.63) is 28.5 Å². The van der Waals surface area contributed by atoms with Gasteiger partial charge in [0.2, 0.25) is 5.91 Å². The number of likely N-dealkylation sites (tertiary alicyclic amines) is 2. The van der Waals surface area contributed by atoms with Crippen LogP contribution in [-0.4, -0.2) is 60.1 Å². The molecule has 4 heterocycles. The normalized spacial score (nSPS) is 31.5. The Bertz CT molecular complexity index is 595. The molecule has 24 heavy (non-hydrogen) atoms. The Morgan fingerprint density at radius 3 is 3.00 bits per heavy atom. The molecule has 0 aliphatic carbocycles. The van der Waals surface area contributed by atoms with Gasteiger partial charge in [0, 0.05) is 30.1 Å². The highest BCUT2D eigenvalue weighted by atomic mass is 32.1. The molecule has 3 saturated heterocycles. The summed E-state index contributed by atoms with van der Waals surface area (Å²) in [6.07, 6.45) is 9.53. The first-order chi connectivity index (χ1) is 11.7. The SMILES string of the molecule is O=C(/C=C/c1cccs1)N1CC[C@]2(C[C@H](N3CCCC3)CCO2)C1. The Morgan fingerprint density at radius 2 is 2.21 bits per heavy atom. The Hall–Kier alpha value is -1.17. The van der Waals surface area contributed by atoms with Gasteiger partial charge in [-0.3, -0.25) is 4.79 Å². The summed E-state index contributed by atoms with van der Waals surface area (Å²) in [7, 11) is 0. The molecular formula is C19H26N2O2S. The van der Waals surface area contributed by atoms with Gasteiger partial charge >= 0.3 is 0 Å². The highest BCUT2D eigenvalue weighted by molar-refractivity contribution is 7.10. The van der Waals surface area contributed by atoms with Crippen molar-refractivity contribution in [2.75, 3.05) is 32.8 Å². The zero-order valence-corrected chi connectivity index (χ0v) is 15.0. The number of thiophene rings is 1. The molecular weight excluding hydrogens is 320 g/mol. The number of hydrogen-bond donors (Lipinski definition) is 0. The van der Waals surface area contributed by atoms with E-state index in [4.69, 9.17) is 4.74 Å². The highest BCUT2D eigenvalue weighted by Gasteiger charge is 2.45. The van der Waals surface area contributed by atoms with Gasteiger partial charge in [-0.25, -0.2) is 0 Å². The van der Waals surface area contributed by atoms with Crippen LogP contribution in [0.5, 0.6) is 0 Å². The number of carbonyl (C=O) groups is 1. The Balaban J connectivity index is 1.37. The molecule has 0 bridgehead atoms. The smallest absolute Gasteiger partial charge is 0.246 e. The molecule has 0 N–H and O–H groups in total. The summed E-state index contributed by atoms with van der Waals surface area (Å²) in [6.45, 7) is 4.90. The quantitative estimate of drug-likeness (QED) is 0.789. The molecule has 0 unspecified atom stereocenters. The number of ether oxygens (including phenoxy) is 1. The summed E-state index contributed by atoms with van der Waals surface area (Å²) in [5, 5.41) is 2.03. The van der Waals surface area contributed by atoms with Crippen molar-refractivity contribution in [3.63, 3.8) is 0 Å². The molecule has 1 aromatic heterocycles. The second-order valence-corrected chi connectivity index (χ2v) is 8.26. The average molecular weight is 346 g/mol. The second-order valence-electron chi connectivity index (χ2n) is 7.28. The van der Waals surface area contributed by atoms with Crippen molar-refractivity contribution in [1.29, 1.82) is 0 Å². The van der Waals surface area contributed by atoms with E-state index in [2.05, 4.69) is 4.90 Å². The molecule has 4 rings (SSSR count). The summed E-state index contributed by atoms with van der Waals surface area (Å²) in [6, 6.07) is 4.69. The first kappa shape index (κ1) is 16.3. The molecule has 2 atom stereocenters. The molecule has 3 fully saturated rings. The second kappa shape index (κ2) is 6.98. The van der Waals surface area contributed by atoms with Gasteiger partial charge in [-0.1, -0.05) is 6.07 Å². The van der Waals surface area contributed by atoms with Gasteiger partial charge in [0.15, 0.2) is 0 Å². The standard InChI is InChI=1S/C19H26N2O2S/c22-18(6-5-17-4-3-13-24-17)21-11-8-19(15-21)14-16(7-12-23-19)20-9-1-2-10-20/h3-6,13,16H,1-2,7-12,14-15H2/b6-5+/t16-,19+/m1/s1.